The lowest BCUT2D eigenvalue weighted by molar-refractivity contribution is -0.145. The normalized spacial score (nSPS) is 19.0. The van der Waals surface area contributed by atoms with Gasteiger partial charge in [-0.25, -0.2) is 9.40 Å². The van der Waals surface area contributed by atoms with Crippen LogP contribution in [0.2, 0.25) is 0 Å². The third-order valence-electron chi connectivity index (χ3n) is 6.42. The zero-order chi connectivity index (χ0) is 22.0. The summed E-state index contributed by atoms with van der Waals surface area (Å²) in [6, 6.07) is 13.1. The Morgan fingerprint density at radius 1 is 1.16 bits per heavy atom. The second-order valence-electron chi connectivity index (χ2n) is 8.34. The van der Waals surface area contributed by atoms with Gasteiger partial charge in [-0.2, -0.15) is 0 Å². The van der Waals surface area contributed by atoms with E-state index in [0.29, 0.717) is 5.56 Å². The Kier molecular flexibility index (Phi) is 5.76. The van der Waals surface area contributed by atoms with Crippen LogP contribution in [0, 0.1) is 11.7 Å². The number of rotatable bonds is 6. The summed E-state index contributed by atoms with van der Waals surface area (Å²) in [5.74, 6) is -1.06. The maximum Gasteiger partial charge on any atom is 0.314 e. The topological polar surface area (TPSA) is 79.2 Å². The maximum absolute atomic E-state index is 13.2. The molecule has 1 atom stereocenters. The number of hydrazone groups is 1. The highest BCUT2D eigenvalue weighted by Gasteiger charge is 2.44. The van der Waals surface area contributed by atoms with Crippen LogP contribution in [-0.2, 0) is 26.3 Å². The van der Waals surface area contributed by atoms with Gasteiger partial charge in [-0.15, -0.1) is 5.10 Å². The van der Waals surface area contributed by atoms with Gasteiger partial charge in [0.05, 0.1) is 12.0 Å². The molecule has 1 aliphatic carbocycles. The average molecular weight is 424 g/mol. The van der Waals surface area contributed by atoms with Gasteiger partial charge < -0.3 is 9.84 Å². The quantitative estimate of drug-likeness (QED) is 0.758. The molecule has 0 saturated heterocycles. The van der Waals surface area contributed by atoms with Crippen molar-refractivity contribution in [2.75, 3.05) is 6.61 Å². The van der Waals surface area contributed by atoms with E-state index in [1.807, 2.05) is 31.2 Å². The van der Waals surface area contributed by atoms with Gasteiger partial charge in [0.25, 0.3) is 5.91 Å². The summed E-state index contributed by atoms with van der Waals surface area (Å²) in [4.78, 5) is 24.4. The van der Waals surface area contributed by atoms with Crippen LogP contribution in [0.15, 0.2) is 53.6 Å². The molecule has 31 heavy (non-hydrogen) atoms. The number of hydrogen-bond acceptors (Lipinski definition) is 4. The van der Waals surface area contributed by atoms with Crippen molar-refractivity contribution >= 4 is 17.8 Å². The van der Waals surface area contributed by atoms with Crippen LogP contribution in [0.3, 0.4) is 0 Å². The highest BCUT2D eigenvalue weighted by atomic mass is 19.1. The van der Waals surface area contributed by atoms with Crippen LogP contribution in [0.1, 0.15) is 49.3 Å². The van der Waals surface area contributed by atoms with Crippen LogP contribution in [-0.4, -0.2) is 34.5 Å². The van der Waals surface area contributed by atoms with Crippen molar-refractivity contribution in [1.82, 2.24) is 5.01 Å². The van der Waals surface area contributed by atoms with E-state index in [-0.39, 0.29) is 36.7 Å². The van der Waals surface area contributed by atoms with Crippen LogP contribution < -0.4 is 0 Å². The number of carbonyl (C=O) groups excluding carboxylic acids is 1. The van der Waals surface area contributed by atoms with E-state index >= 15 is 0 Å². The molecule has 1 aliphatic heterocycles. The van der Waals surface area contributed by atoms with Gasteiger partial charge >= 0.3 is 5.97 Å². The van der Waals surface area contributed by atoms with Crippen molar-refractivity contribution in [2.24, 2.45) is 11.0 Å². The lowest BCUT2D eigenvalue weighted by Gasteiger charge is -2.32. The first-order chi connectivity index (χ1) is 14.9. The number of benzene rings is 2. The zero-order valence-electron chi connectivity index (χ0n) is 17.4. The summed E-state index contributed by atoms with van der Waals surface area (Å²) >= 11 is 0. The fraction of sp³-hybridized carbons (Fsp3) is 0.375. The molecule has 2 aliphatic rings. The van der Waals surface area contributed by atoms with Crippen molar-refractivity contribution in [3.05, 3.63) is 71.0 Å². The first-order valence-corrected chi connectivity index (χ1v) is 10.5. The van der Waals surface area contributed by atoms with Crippen LogP contribution in [0.4, 0.5) is 4.39 Å². The zero-order valence-corrected chi connectivity index (χ0v) is 17.4. The fourth-order valence-corrected chi connectivity index (χ4v) is 4.42. The van der Waals surface area contributed by atoms with Gasteiger partial charge in [0, 0.05) is 5.56 Å². The molecule has 2 aromatic rings. The molecule has 1 heterocycles. The molecule has 0 aromatic heterocycles. The third-order valence-corrected chi connectivity index (χ3v) is 6.42. The second kappa shape index (κ2) is 8.49. The molecule has 1 unspecified atom stereocenters. The summed E-state index contributed by atoms with van der Waals surface area (Å²) in [6.45, 7) is 1.90. The van der Waals surface area contributed by atoms with E-state index in [4.69, 9.17) is 4.74 Å². The highest BCUT2D eigenvalue weighted by molar-refractivity contribution is 5.97. The molecule has 1 amide bonds. The van der Waals surface area contributed by atoms with E-state index in [1.54, 1.807) is 12.1 Å². The van der Waals surface area contributed by atoms with Gasteiger partial charge in [0.15, 0.2) is 6.61 Å². The highest BCUT2D eigenvalue weighted by Crippen LogP contribution is 2.42. The average Bonchev–Trinajstić information content (AvgIpc) is 3.31. The Morgan fingerprint density at radius 2 is 1.81 bits per heavy atom. The van der Waals surface area contributed by atoms with E-state index < -0.39 is 11.4 Å². The summed E-state index contributed by atoms with van der Waals surface area (Å²) < 4.78 is 18.6. The molecule has 0 radical (unpaired) electrons. The van der Waals surface area contributed by atoms with Crippen LogP contribution in [0.5, 0.6) is 0 Å². The monoisotopic (exact) mass is 424 g/mol. The molecule has 7 heteroatoms. The number of halogens is 1. The Morgan fingerprint density at radius 3 is 2.42 bits per heavy atom. The van der Waals surface area contributed by atoms with E-state index in [1.165, 1.54) is 17.1 Å². The SMILES string of the molecule is CC(C(=O)O)(c1ccc(CN2N=C(c3ccc(F)cc3)OCC2=O)cc1)C1CCCC1. The summed E-state index contributed by atoms with van der Waals surface area (Å²) in [7, 11) is 0. The number of ether oxygens (including phenoxy) is 1. The van der Waals surface area contributed by atoms with Crippen molar-refractivity contribution in [1.29, 1.82) is 0 Å². The number of carbonyl (C=O) groups is 2. The number of amides is 1. The second-order valence-corrected chi connectivity index (χ2v) is 8.34. The Hall–Kier alpha value is -3.22. The predicted molar refractivity (Wildman–Crippen MR) is 113 cm³/mol. The first kappa shape index (κ1) is 21.0. The van der Waals surface area contributed by atoms with E-state index in [2.05, 4.69) is 5.10 Å². The molecule has 2 aromatic carbocycles. The smallest absolute Gasteiger partial charge is 0.314 e. The standard InChI is InChI=1S/C24H25FN2O4/c1-24(23(29)30,18-4-2-3-5-18)19-10-6-16(7-11-19)14-27-21(28)15-31-22(26-27)17-8-12-20(25)13-9-17/h6-13,18H,2-5,14-15H2,1H3,(H,29,30). The van der Waals surface area contributed by atoms with Crippen molar-refractivity contribution in [2.45, 2.75) is 44.6 Å². The van der Waals surface area contributed by atoms with Gasteiger partial charge in [-0.05, 0) is 61.1 Å². The van der Waals surface area contributed by atoms with Gasteiger partial charge in [0.2, 0.25) is 5.90 Å². The fourth-order valence-electron chi connectivity index (χ4n) is 4.42. The summed E-state index contributed by atoms with van der Waals surface area (Å²) in [5, 5.41) is 15.6. The summed E-state index contributed by atoms with van der Waals surface area (Å²) in [5.41, 5.74) is 1.28. The van der Waals surface area contributed by atoms with Crippen LogP contribution in [0.25, 0.3) is 0 Å². The molecule has 4 rings (SSSR count). The summed E-state index contributed by atoms with van der Waals surface area (Å²) in [6.07, 6.45) is 3.99. The lowest BCUT2D eigenvalue weighted by atomic mass is 9.71. The van der Waals surface area contributed by atoms with E-state index in [9.17, 15) is 19.1 Å². The Bertz CT molecular complexity index is 997. The maximum atomic E-state index is 13.2. The van der Waals surface area contributed by atoms with Crippen LogP contribution >= 0.6 is 0 Å². The minimum Gasteiger partial charge on any atom is -0.481 e. The number of nitrogens with zero attached hydrogens (tertiary/aromatic N) is 2. The third kappa shape index (κ3) is 4.17. The van der Waals surface area contributed by atoms with Crippen molar-refractivity contribution < 1.29 is 23.8 Å². The molecule has 0 spiro atoms. The number of carboxylic acid groups (broad SMARTS) is 1. The molecular formula is C24H25FN2O4. The van der Waals surface area contributed by atoms with E-state index in [0.717, 1.165) is 36.8 Å². The minimum atomic E-state index is -0.919. The lowest BCUT2D eigenvalue weighted by Crippen LogP contribution is -2.39. The molecule has 0 bridgehead atoms. The molecule has 1 N–H and O–H groups in total. The molecule has 162 valence electrons. The number of carboxylic acids is 1. The predicted octanol–water partition coefficient (Wildman–Crippen LogP) is 4.08. The van der Waals surface area contributed by atoms with Gasteiger partial charge in [-0.3, -0.25) is 9.59 Å². The molecular weight excluding hydrogens is 399 g/mol. The molecule has 6 nitrogen and oxygen atoms in total. The van der Waals surface area contributed by atoms with Gasteiger partial charge in [0.1, 0.15) is 5.82 Å². The Balaban J connectivity index is 1.53. The Labute approximate surface area is 180 Å². The van der Waals surface area contributed by atoms with Crippen molar-refractivity contribution in [3.63, 3.8) is 0 Å². The molecule has 1 saturated carbocycles. The molecule has 1 fully saturated rings. The number of aliphatic carboxylic acids is 1. The number of hydrogen-bond donors (Lipinski definition) is 1. The minimum absolute atomic E-state index is 0.125. The van der Waals surface area contributed by atoms with Gasteiger partial charge in [-0.1, -0.05) is 37.1 Å². The van der Waals surface area contributed by atoms with Crippen molar-refractivity contribution in [3.8, 4) is 0 Å². The first-order valence-electron chi connectivity index (χ1n) is 10.5. The largest absolute Gasteiger partial charge is 0.481 e.